The lowest BCUT2D eigenvalue weighted by Gasteiger charge is -2.28. The molecule has 1 aliphatic rings. The number of hydrogen-bond donors (Lipinski definition) is 3. The quantitative estimate of drug-likeness (QED) is 0.571. The van der Waals surface area contributed by atoms with E-state index in [1.807, 2.05) is 6.92 Å². The van der Waals surface area contributed by atoms with E-state index in [2.05, 4.69) is 6.08 Å². The molecule has 0 saturated heterocycles. The van der Waals surface area contributed by atoms with Crippen LogP contribution >= 0.6 is 0 Å². The van der Waals surface area contributed by atoms with Crippen molar-refractivity contribution in [3.05, 3.63) is 35.4 Å². The van der Waals surface area contributed by atoms with Crippen molar-refractivity contribution in [2.75, 3.05) is 13.1 Å². The van der Waals surface area contributed by atoms with E-state index in [1.54, 1.807) is 11.0 Å². The monoisotopic (exact) mass is 276 g/mol. The average molecular weight is 276 g/mol. The summed E-state index contributed by atoms with van der Waals surface area (Å²) in [4.78, 5) is 14.0. The molecule has 1 heterocycles. The van der Waals surface area contributed by atoms with Crippen LogP contribution < -0.4 is 5.73 Å². The van der Waals surface area contributed by atoms with Gasteiger partial charge in [-0.15, -0.1) is 0 Å². The topological polar surface area (TPSA) is 86.8 Å². The second-order valence-corrected chi connectivity index (χ2v) is 5.23. The number of hydrogen-bond acceptors (Lipinski definition) is 4. The first-order chi connectivity index (χ1) is 9.47. The predicted molar refractivity (Wildman–Crippen MR) is 76.4 cm³/mol. The molecule has 0 aliphatic carbocycles. The van der Waals surface area contributed by atoms with Gasteiger partial charge in [-0.2, -0.15) is 0 Å². The molecule has 1 aromatic rings. The number of nitrogens with zero attached hydrogens (tertiary/aromatic N) is 1. The highest BCUT2D eigenvalue weighted by Crippen LogP contribution is 2.25. The minimum atomic E-state index is -0.634. The molecule has 2 rings (SSSR count). The van der Waals surface area contributed by atoms with E-state index >= 15 is 0 Å². The summed E-state index contributed by atoms with van der Waals surface area (Å²) in [6.45, 7) is 3.33. The molecule has 1 amide bonds. The second kappa shape index (κ2) is 5.96. The Balaban J connectivity index is 2.00. The maximum atomic E-state index is 12.3. The Labute approximate surface area is 118 Å². The first-order valence-corrected chi connectivity index (χ1v) is 6.68. The molecule has 1 aromatic carbocycles. The lowest BCUT2D eigenvalue weighted by atomic mass is 10.0. The van der Waals surface area contributed by atoms with Crippen molar-refractivity contribution in [2.45, 2.75) is 25.8 Å². The third kappa shape index (κ3) is 3.30. The van der Waals surface area contributed by atoms with Crippen molar-refractivity contribution in [1.82, 2.24) is 4.90 Å². The lowest BCUT2D eigenvalue weighted by molar-refractivity contribution is -0.132. The van der Waals surface area contributed by atoms with Gasteiger partial charge in [0.1, 0.15) is 0 Å². The molecular weight excluding hydrogens is 256 g/mol. The van der Waals surface area contributed by atoms with Crippen LogP contribution in [0.4, 0.5) is 0 Å². The van der Waals surface area contributed by atoms with Gasteiger partial charge in [0.25, 0.3) is 0 Å². The van der Waals surface area contributed by atoms with Crippen molar-refractivity contribution in [2.24, 2.45) is 5.73 Å². The summed E-state index contributed by atoms with van der Waals surface area (Å²) < 4.78 is 0. The summed E-state index contributed by atoms with van der Waals surface area (Å²) in [6.07, 6.45) is 3.34. The molecule has 20 heavy (non-hydrogen) atoms. The van der Waals surface area contributed by atoms with E-state index in [-0.39, 0.29) is 17.4 Å². The van der Waals surface area contributed by atoms with E-state index < -0.39 is 6.04 Å². The number of carbonyl (C=O) groups is 1. The van der Waals surface area contributed by atoms with Gasteiger partial charge < -0.3 is 20.8 Å². The maximum absolute atomic E-state index is 12.3. The van der Waals surface area contributed by atoms with Crippen LogP contribution in [-0.4, -0.2) is 40.2 Å². The van der Waals surface area contributed by atoms with E-state index in [0.717, 1.165) is 12.0 Å². The molecule has 0 saturated carbocycles. The molecule has 5 nitrogen and oxygen atoms in total. The van der Waals surface area contributed by atoms with E-state index in [0.29, 0.717) is 19.5 Å². The number of rotatable bonds is 3. The molecule has 0 unspecified atom stereocenters. The number of nitrogens with two attached hydrogens (primary N) is 1. The molecule has 0 aromatic heterocycles. The van der Waals surface area contributed by atoms with E-state index in [4.69, 9.17) is 5.73 Å². The van der Waals surface area contributed by atoms with Crippen LogP contribution in [0.25, 0.3) is 0 Å². The summed E-state index contributed by atoms with van der Waals surface area (Å²) in [5.74, 6) is -0.450. The molecule has 4 N–H and O–H groups in total. The molecule has 0 radical (unpaired) electrons. The Morgan fingerprint density at radius 1 is 1.40 bits per heavy atom. The molecule has 1 aliphatic heterocycles. The first kappa shape index (κ1) is 14.4. The van der Waals surface area contributed by atoms with Crippen molar-refractivity contribution in [3.63, 3.8) is 0 Å². The number of phenols is 2. The van der Waals surface area contributed by atoms with Crippen molar-refractivity contribution in [1.29, 1.82) is 0 Å². The zero-order valence-corrected chi connectivity index (χ0v) is 11.5. The largest absolute Gasteiger partial charge is 0.504 e. The first-order valence-electron chi connectivity index (χ1n) is 6.68. The molecular formula is C15H20N2O3. The summed E-state index contributed by atoms with van der Waals surface area (Å²) >= 11 is 0. The van der Waals surface area contributed by atoms with Gasteiger partial charge in [0.05, 0.1) is 6.04 Å². The van der Waals surface area contributed by atoms with Crippen LogP contribution in [0.2, 0.25) is 0 Å². The Morgan fingerprint density at radius 3 is 2.80 bits per heavy atom. The zero-order valence-electron chi connectivity index (χ0n) is 11.5. The highest BCUT2D eigenvalue weighted by molar-refractivity contribution is 5.82. The maximum Gasteiger partial charge on any atom is 0.240 e. The third-order valence-corrected chi connectivity index (χ3v) is 3.46. The normalized spacial score (nSPS) is 16.7. The summed E-state index contributed by atoms with van der Waals surface area (Å²) in [6, 6.07) is 3.85. The third-order valence-electron chi connectivity index (χ3n) is 3.46. The highest BCUT2D eigenvalue weighted by atomic mass is 16.3. The Kier molecular flexibility index (Phi) is 4.29. The predicted octanol–water partition coefficient (Wildman–Crippen LogP) is 1.15. The molecule has 5 heteroatoms. The van der Waals surface area contributed by atoms with Gasteiger partial charge in [-0.25, -0.2) is 0 Å². The van der Waals surface area contributed by atoms with Crippen molar-refractivity contribution < 1.29 is 15.0 Å². The Bertz CT molecular complexity index is 540. The molecule has 1 atom stereocenters. The van der Waals surface area contributed by atoms with Gasteiger partial charge in [-0.05, 0) is 37.5 Å². The fraction of sp³-hybridized carbons (Fsp3) is 0.400. The Morgan fingerprint density at radius 2 is 2.15 bits per heavy atom. The summed E-state index contributed by atoms with van der Waals surface area (Å²) in [5, 5.41) is 18.7. The van der Waals surface area contributed by atoms with Crippen molar-refractivity contribution >= 4 is 5.91 Å². The lowest BCUT2D eigenvalue weighted by Crippen LogP contribution is -2.46. The second-order valence-electron chi connectivity index (χ2n) is 5.23. The van der Waals surface area contributed by atoms with Gasteiger partial charge in [0.2, 0.25) is 5.91 Å². The molecule has 0 spiro atoms. The molecule has 108 valence electrons. The average Bonchev–Trinajstić information content (AvgIpc) is 2.42. The standard InChI is InChI=1S/C15H20N2O3/c1-10-3-2-6-17(9-10)15(20)12(16)7-11-4-5-13(18)14(19)8-11/h3-5,8,12,18-19H,2,6-7,9,16H2,1H3/t12-/m0/s1. The van der Waals surface area contributed by atoms with Crippen LogP contribution in [-0.2, 0) is 11.2 Å². The zero-order chi connectivity index (χ0) is 14.7. The van der Waals surface area contributed by atoms with Crippen LogP contribution in [0.5, 0.6) is 11.5 Å². The minimum absolute atomic E-state index is 0.0787. The van der Waals surface area contributed by atoms with Gasteiger partial charge in [-0.1, -0.05) is 17.7 Å². The molecule has 0 fully saturated rings. The minimum Gasteiger partial charge on any atom is -0.504 e. The van der Waals surface area contributed by atoms with Gasteiger partial charge >= 0.3 is 0 Å². The highest BCUT2D eigenvalue weighted by Gasteiger charge is 2.22. The summed E-state index contributed by atoms with van der Waals surface area (Å²) in [5.41, 5.74) is 7.87. The number of aromatic hydroxyl groups is 2. The fourth-order valence-corrected chi connectivity index (χ4v) is 2.37. The van der Waals surface area contributed by atoms with Gasteiger partial charge in [0, 0.05) is 13.1 Å². The number of amides is 1. The fourth-order valence-electron chi connectivity index (χ4n) is 2.37. The van der Waals surface area contributed by atoms with Crippen LogP contribution in [0, 0.1) is 0 Å². The Hall–Kier alpha value is -2.01. The SMILES string of the molecule is CC1=CCCN(C(=O)[C@@H](N)Cc2ccc(O)c(O)c2)C1. The number of benzene rings is 1. The molecule has 0 bridgehead atoms. The number of phenolic OH excluding ortho intramolecular Hbond substituents is 2. The van der Waals surface area contributed by atoms with Gasteiger partial charge in [0.15, 0.2) is 11.5 Å². The smallest absolute Gasteiger partial charge is 0.240 e. The number of carbonyl (C=O) groups excluding carboxylic acids is 1. The van der Waals surface area contributed by atoms with Crippen LogP contribution in [0.1, 0.15) is 18.9 Å². The van der Waals surface area contributed by atoms with E-state index in [9.17, 15) is 15.0 Å². The van der Waals surface area contributed by atoms with Crippen molar-refractivity contribution in [3.8, 4) is 11.5 Å². The van der Waals surface area contributed by atoms with E-state index in [1.165, 1.54) is 17.7 Å². The summed E-state index contributed by atoms with van der Waals surface area (Å²) in [7, 11) is 0. The van der Waals surface area contributed by atoms with Crippen LogP contribution in [0.3, 0.4) is 0 Å². The van der Waals surface area contributed by atoms with Gasteiger partial charge in [-0.3, -0.25) is 4.79 Å². The van der Waals surface area contributed by atoms with Crippen LogP contribution in [0.15, 0.2) is 29.8 Å².